The van der Waals surface area contributed by atoms with Gasteiger partial charge in [0.15, 0.2) is 0 Å². The van der Waals surface area contributed by atoms with Crippen LogP contribution in [0.25, 0.3) is 11.1 Å². The average molecular weight is 992 g/mol. The summed E-state index contributed by atoms with van der Waals surface area (Å²) in [5.41, 5.74) is 32.8. The van der Waals surface area contributed by atoms with Crippen LogP contribution in [0.4, 0.5) is 39.8 Å². The van der Waals surface area contributed by atoms with Gasteiger partial charge in [0.05, 0.1) is 16.8 Å². The van der Waals surface area contributed by atoms with Crippen molar-refractivity contribution in [2.45, 2.75) is 226 Å². The molecule has 2 fully saturated rings. The zero-order chi connectivity index (χ0) is 53.4. The van der Waals surface area contributed by atoms with E-state index in [-0.39, 0.29) is 50.3 Å². The molecule has 4 heteroatoms. The van der Waals surface area contributed by atoms with Gasteiger partial charge in [-0.3, -0.25) is 0 Å². The molecule has 4 heterocycles. The summed E-state index contributed by atoms with van der Waals surface area (Å²) in [4.78, 5) is 8.74. The molecule has 4 aliphatic heterocycles. The monoisotopic (exact) mass is 992 g/mol. The van der Waals surface area contributed by atoms with Crippen molar-refractivity contribution in [1.29, 1.82) is 0 Å². The van der Waals surface area contributed by atoms with Gasteiger partial charge in [0.25, 0.3) is 6.71 Å². The second-order valence-corrected chi connectivity index (χ2v) is 29.9. The Morgan fingerprint density at radius 1 is 0.413 bits per heavy atom. The van der Waals surface area contributed by atoms with Gasteiger partial charge in [-0.2, -0.15) is 0 Å². The lowest BCUT2D eigenvalue weighted by molar-refractivity contribution is 0.193. The van der Waals surface area contributed by atoms with Crippen molar-refractivity contribution in [3.63, 3.8) is 0 Å². The molecule has 388 valence electrons. The first-order chi connectivity index (χ1) is 35.0. The Labute approximate surface area is 453 Å². The predicted octanol–water partition coefficient (Wildman–Crippen LogP) is 17.2. The SMILES string of the molecule is Cc1cc(C)c2c3c1B1c4c(cc(N5c6ccc(C(C)(C)C)cc6C6(C)CCCCC56C)cc4N3C3(C)CCCCC23C)N(c2c(C)cc(C(C)(C)C)cc2C)c2ccc3c(c21)C(C)(C)c1ccc(C(C)(C)C)cc1-3. The summed E-state index contributed by atoms with van der Waals surface area (Å²) in [6.45, 7) is 46.9. The Bertz CT molecular complexity index is 3490. The van der Waals surface area contributed by atoms with Crippen molar-refractivity contribution in [2.75, 3.05) is 14.7 Å². The van der Waals surface area contributed by atoms with Crippen molar-refractivity contribution >= 4 is 62.9 Å². The van der Waals surface area contributed by atoms with E-state index in [2.05, 4.69) is 225 Å². The molecule has 4 atom stereocenters. The minimum Gasteiger partial charge on any atom is -0.335 e. The molecule has 0 aromatic heterocycles. The number of benzene rings is 6. The number of hydrogen-bond donors (Lipinski definition) is 0. The molecule has 0 amide bonds. The maximum Gasteiger partial charge on any atom is 0.252 e. The highest BCUT2D eigenvalue weighted by atomic mass is 15.3. The van der Waals surface area contributed by atoms with Gasteiger partial charge in [-0.25, -0.2) is 0 Å². The Kier molecular flexibility index (Phi) is 9.92. The van der Waals surface area contributed by atoms with Crippen LogP contribution in [0.5, 0.6) is 0 Å². The Morgan fingerprint density at radius 2 is 0.973 bits per heavy atom. The minimum absolute atomic E-state index is 0.00298. The maximum atomic E-state index is 3.02. The van der Waals surface area contributed by atoms with Crippen LogP contribution < -0.4 is 31.1 Å². The van der Waals surface area contributed by atoms with Gasteiger partial charge in [-0.15, -0.1) is 0 Å². The highest BCUT2D eigenvalue weighted by Gasteiger charge is 2.64. The summed E-state index contributed by atoms with van der Waals surface area (Å²) in [5, 5.41) is 0. The molecule has 0 radical (unpaired) electrons. The fourth-order valence-corrected chi connectivity index (χ4v) is 17.6. The smallest absolute Gasteiger partial charge is 0.252 e. The summed E-state index contributed by atoms with van der Waals surface area (Å²) >= 11 is 0. The van der Waals surface area contributed by atoms with E-state index in [0.29, 0.717) is 0 Å². The molecule has 4 unspecified atom stereocenters. The van der Waals surface area contributed by atoms with E-state index in [1.54, 1.807) is 16.6 Å². The molecule has 0 spiro atoms. The Balaban J connectivity index is 1.20. The van der Waals surface area contributed by atoms with Gasteiger partial charge in [0, 0.05) is 50.4 Å². The van der Waals surface area contributed by atoms with Crippen LogP contribution in [0, 0.1) is 27.7 Å². The topological polar surface area (TPSA) is 9.72 Å². The molecular weight excluding hydrogens is 906 g/mol. The van der Waals surface area contributed by atoms with E-state index >= 15 is 0 Å². The van der Waals surface area contributed by atoms with E-state index in [1.807, 2.05) is 0 Å². The third-order valence-electron chi connectivity index (χ3n) is 22.0. The number of fused-ring (bicyclic) bond motifs is 14. The van der Waals surface area contributed by atoms with Gasteiger partial charge in [0.1, 0.15) is 0 Å². The first-order valence-corrected chi connectivity index (χ1v) is 29.3. The van der Waals surface area contributed by atoms with E-state index in [0.717, 1.165) is 0 Å². The molecule has 13 rings (SSSR count). The quantitative estimate of drug-likeness (QED) is 0.160. The first-order valence-electron chi connectivity index (χ1n) is 29.3. The van der Waals surface area contributed by atoms with Crippen molar-refractivity contribution in [1.82, 2.24) is 0 Å². The summed E-state index contributed by atoms with van der Waals surface area (Å²) < 4.78 is 0. The van der Waals surface area contributed by atoms with Gasteiger partial charge in [-0.05, 0) is 191 Å². The van der Waals surface area contributed by atoms with Crippen molar-refractivity contribution in [3.05, 3.63) is 140 Å². The first kappa shape index (κ1) is 49.4. The van der Waals surface area contributed by atoms with Gasteiger partial charge >= 0.3 is 0 Å². The maximum absolute atomic E-state index is 3.02. The summed E-state index contributed by atoms with van der Waals surface area (Å²) in [6.07, 6.45) is 9.82. The van der Waals surface area contributed by atoms with E-state index < -0.39 is 0 Å². The number of rotatable bonds is 2. The molecule has 6 aromatic rings. The number of anilines is 7. The summed E-state index contributed by atoms with van der Waals surface area (Å²) in [7, 11) is 0. The van der Waals surface area contributed by atoms with Crippen LogP contribution in [0.2, 0.25) is 0 Å². The van der Waals surface area contributed by atoms with Crippen LogP contribution in [0.3, 0.4) is 0 Å². The summed E-state index contributed by atoms with van der Waals surface area (Å²) in [6, 6.07) is 33.4. The molecular formula is C71H86BN3. The standard InChI is InChI=1S/C71H86BN3/c1-41-34-42(2)59-63-57(41)69(17)31-21-23-33-71(69,19)75(63)56-40-48(74-53-28-25-46(65(8,9)10)38-52(53)68(16)30-20-22-32-70(68,74)18)39-55-60(56)72(59)61-54(73(55)62-43(3)35-47(36-44(62)4)66(11,12)13)29-26-49-50-37-45(64(5,6)7)24-27-51(50)67(14,15)58(49)61/h24-29,34-40H,20-23,30-33H2,1-19H3. The molecule has 6 aromatic carbocycles. The van der Waals surface area contributed by atoms with Crippen LogP contribution in [0.15, 0.2) is 78.9 Å². The molecule has 0 bridgehead atoms. The zero-order valence-corrected chi connectivity index (χ0v) is 49.6. The van der Waals surface area contributed by atoms with Crippen molar-refractivity contribution in [3.8, 4) is 11.1 Å². The zero-order valence-electron chi connectivity index (χ0n) is 49.6. The molecule has 0 saturated heterocycles. The second-order valence-electron chi connectivity index (χ2n) is 29.9. The number of aryl methyl sites for hydroxylation is 4. The molecule has 0 N–H and O–H groups in total. The van der Waals surface area contributed by atoms with Crippen LogP contribution in [-0.2, 0) is 32.5 Å². The van der Waals surface area contributed by atoms with Crippen LogP contribution >= 0.6 is 0 Å². The largest absolute Gasteiger partial charge is 0.335 e. The van der Waals surface area contributed by atoms with E-state index in [9.17, 15) is 0 Å². The summed E-state index contributed by atoms with van der Waals surface area (Å²) in [5.74, 6) is 0. The fraction of sp³-hybridized carbons (Fsp3) is 0.493. The molecule has 7 aliphatic rings. The molecule has 3 nitrogen and oxygen atoms in total. The van der Waals surface area contributed by atoms with Crippen LogP contribution in [0.1, 0.15) is 216 Å². The lowest BCUT2D eigenvalue weighted by atomic mass is 9.31. The van der Waals surface area contributed by atoms with Crippen LogP contribution in [-0.4, -0.2) is 17.8 Å². The Hall–Kier alpha value is -5.22. The van der Waals surface area contributed by atoms with Crippen molar-refractivity contribution < 1.29 is 0 Å². The van der Waals surface area contributed by atoms with E-state index in [1.165, 1.54) is 163 Å². The highest BCUT2D eigenvalue weighted by Crippen LogP contribution is 2.66. The average Bonchev–Trinajstić information content (AvgIpc) is 3.79. The fourth-order valence-electron chi connectivity index (χ4n) is 17.6. The second kappa shape index (κ2) is 15.1. The van der Waals surface area contributed by atoms with Gasteiger partial charge < -0.3 is 14.7 Å². The van der Waals surface area contributed by atoms with E-state index in [4.69, 9.17) is 0 Å². The predicted molar refractivity (Wildman–Crippen MR) is 324 cm³/mol. The molecule has 2 saturated carbocycles. The third-order valence-corrected chi connectivity index (χ3v) is 22.0. The number of hydrogen-bond acceptors (Lipinski definition) is 3. The van der Waals surface area contributed by atoms with Gasteiger partial charge in [-0.1, -0.05) is 176 Å². The number of nitrogens with zero attached hydrogens (tertiary/aromatic N) is 3. The minimum atomic E-state index is -0.230. The molecule has 75 heavy (non-hydrogen) atoms. The van der Waals surface area contributed by atoms with Crippen molar-refractivity contribution in [2.24, 2.45) is 0 Å². The molecule has 3 aliphatic carbocycles. The van der Waals surface area contributed by atoms with Gasteiger partial charge in [0.2, 0.25) is 0 Å². The lowest BCUT2D eigenvalue weighted by Crippen LogP contribution is -2.66. The lowest BCUT2D eigenvalue weighted by Gasteiger charge is -2.54. The Morgan fingerprint density at radius 3 is 1.61 bits per heavy atom. The highest BCUT2D eigenvalue weighted by molar-refractivity contribution is 7.01. The third kappa shape index (κ3) is 6.13. The normalized spacial score (nSPS) is 25.6.